The second-order valence-corrected chi connectivity index (χ2v) is 3.79. The van der Waals surface area contributed by atoms with Crippen LogP contribution < -0.4 is 0 Å². The first-order valence-corrected chi connectivity index (χ1v) is 5.39. The smallest absolute Gasteiger partial charge is 0.340 e. The molecular formula is C13H10N2O3. The Morgan fingerprint density at radius 2 is 2.28 bits per heavy atom. The molecule has 0 unspecified atom stereocenters. The molecule has 0 amide bonds. The molecule has 0 spiro atoms. The summed E-state index contributed by atoms with van der Waals surface area (Å²) in [4.78, 5) is 19.2. The maximum absolute atomic E-state index is 11.6. The van der Waals surface area contributed by atoms with E-state index in [1.54, 1.807) is 30.7 Å². The average molecular weight is 242 g/mol. The number of hydrogen-bond acceptors (Lipinski definition) is 4. The van der Waals surface area contributed by atoms with Crippen LogP contribution in [-0.2, 0) is 4.74 Å². The van der Waals surface area contributed by atoms with Gasteiger partial charge in [-0.3, -0.25) is 0 Å². The number of para-hydroxylation sites is 1. The fourth-order valence-electron chi connectivity index (χ4n) is 1.84. The fraction of sp³-hybridized carbons (Fsp3) is 0.0769. The molecule has 0 aliphatic heterocycles. The Bertz CT molecular complexity index is 698. The van der Waals surface area contributed by atoms with Crippen LogP contribution in [-0.4, -0.2) is 23.0 Å². The number of aromatic nitrogens is 2. The number of esters is 1. The van der Waals surface area contributed by atoms with Gasteiger partial charge in [0, 0.05) is 0 Å². The molecule has 5 heteroatoms. The summed E-state index contributed by atoms with van der Waals surface area (Å²) in [5, 5.41) is 0. The normalized spacial score (nSPS) is 10.7. The van der Waals surface area contributed by atoms with Crippen LogP contribution in [0.3, 0.4) is 0 Å². The monoisotopic (exact) mass is 242 g/mol. The maximum Gasteiger partial charge on any atom is 0.340 e. The number of H-pyrrole nitrogens is 1. The average Bonchev–Trinajstić information content (AvgIpc) is 3.04. The number of ether oxygens (including phenoxy) is 1. The van der Waals surface area contributed by atoms with E-state index in [0.29, 0.717) is 16.9 Å². The molecule has 90 valence electrons. The molecule has 0 fully saturated rings. The van der Waals surface area contributed by atoms with Crippen molar-refractivity contribution in [3.8, 4) is 11.4 Å². The number of furan rings is 1. The van der Waals surface area contributed by atoms with Gasteiger partial charge in [-0.2, -0.15) is 0 Å². The maximum atomic E-state index is 11.6. The summed E-state index contributed by atoms with van der Waals surface area (Å²) in [6, 6.07) is 7.13. The Labute approximate surface area is 102 Å². The van der Waals surface area contributed by atoms with Crippen LogP contribution in [0.4, 0.5) is 0 Å². The number of methoxy groups -OCH3 is 1. The zero-order chi connectivity index (χ0) is 12.5. The van der Waals surface area contributed by atoms with Gasteiger partial charge in [0.25, 0.3) is 0 Å². The largest absolute Gasteiger partial charge is 0.472 e. The van der Waals surface area contributed by atoms with E-state index in [2.05, 4.69) is 9.97 Å². The van der Waals surface area contributed by atoms with Crippen molar-refractivity contribution >= 4 is 17.0 Å². The van der Waals surface area contributed by atoms with E-state index in [0.717, 1.165) is 11.1 Å². The van der Waals surface area contributed by atoms with E-state index in [4.69, 9.17) is 9.15 Å². The van der Waals surface area contributed by atoms with Gasteiger partial charge < -0.3 is 14.1 Å². The summed E-state index contributed by atoms with van der Waals surface area (Å²) < 4.78 is 9.75. The number of nitrogens with one attached hydrogen (secondary N) is 1. The third-order valence-corrected chi connectivity index (χ3v) is 2.71. The molecule has 0 aliphatic carbocycles. The van der Waals surface area contributed by atoms with Gasteiger partial charge in [0.1, 0.15) is 17.6 Å². The molecule has 2 aromatic heterocycles. The lowest BCUT2D eigenvalue weighted by atomic mass is 10.2. The minimum atomic E-state index is -0.397. The van der Waals surface area contributed by atoms with Gasteiger partial charge in [-0.05, 0) is 18.2 Å². The minimum Gasteiger partial charge on any atom is -0.472 e. The lowest BCUT2D eigenvalue weighted by Gasteiger charge is -1.98. The van der Waals surface area contributed by atoms with Crippen LogP contribution >= 0.6 is 0 Å². The summed E-state index contributed by atoms with van der Waals surface area (Å²) >= 11 is 0. The molecule has 0 radical (unpaired) electrons. The van der Waals surface area contributed by atoms with Crippen molar-refractivity contribution < 1.29 is 13.9 Å². The number of hydrogen-bond donors (Lipinski definition) is 1. The molecule has 1 N–H and O–H groups in total. The number of aromatic amines is 1. The lowest BCUT2D eigenvalue weighted by Crippen LogP contribution is -2.01. The standard InChI is InChI=1S/C13H10N2O3/c1-17-13(16)9-3-2-4-10-11(9)15-12(14-10)8-5-6-18-7-8/h2-7H,1H3,(H,14,15). The van der Waals surface area contributed by atoms with Crippen molar-refractivity contribution in [1.29, 1.82) is 0 Å². The van der Waals surface area contributed by atoms with E-state index in [-0.39, 0.29) is 0 Å². The molecule has 3 aromatic rings. The summed E-state index contributed by atoms with van der Waals surface area (Å²) in [6.07, 6.45) is 3.17. The van der Waals surface area contributed by atoms with Crippen molar-refractivity contribution in [3.63, 3.8) is 0 Å². The van der Waals surface area contributed by atoms with Crippen molar-refractivity contribution in [1.82, 2.24) is 9.97 Å². The number of benzene rings is 1. The van der Waals surface area contributed by atoms with Crippen molar-refractivity contribution in [2.45, 2.75) is 0 Å². The second-order valence-electron chi connectivity index (χ2n) is 3.79. The molecule has 0 saturated heterocycles. The van der Waals surface area contributed by atoms with Crippen LogP contribution in [0.2, 0.25) is 0 Å². The Hall–Kier alpha value is -2.56. The lowest BCUT2D eigenvalue weighted by molar-refractivity contribution is 0.0603. The van der Waals surface area contributed by atoms with Gasteiger partial charge in [-0.15, -0.1) is 0 Å². The number of carbonyl (C=O) groups excluding carboxylic acids is 1. The Balaban J connectivity index is 2.20. The number of rotatable bonds is 2. The number of imidazole rings is 1. The van der Waals surface area contributed by atoms with Crippen LogP contribution in [0, 0.1) is 0 Å². The fourth-order valence-corrected chi connectivity index (χ4v) is 1.84. The zero-order valence-electron chi connectivity index (χ0n) is 9.64. The zero-order valence-corrected chi connectivity index (χ0v) is 9.64. The molecule has 3 rings (SSSR count). The SMILES string of the molecule is COC(=O)c1cccc2[nH]c(-c3ccoc3)nc12. The van der Waals surface area contributed by atoms with Gasteiger partial charge in [-0.1, -0.05) is 6.07 Å². The quantitative estimate of drug-likeness (QED) is 0.701. The van der Waals surface area contributed by atoms with Gasteiger partial charge >= 0.3 is 5.97 Å². The summed E-state index contributed by atoms with van der Waals surface area (Å²) in [6.45, 7) is 0. The molecule has 18 heavy (non-hydrogen) atoms. The molecule has 0 saturated carbocycles. The predicted molar refractivity (Wildman–Crippen MR) is 65.1 cm³/mol. The van der Waals surface area contributed by atoms with Gasteiger partial charge in [0.05, 0.1) is 30.0 Å². The van der Waals surface area contributed by atoms with Gasteiger partial charge in [-0.25, -0.2) is 9.78 Å². The molecule has 5 nitrogen and oxygen atoms in total. The van der Waals surface area contributed by atoms with E-state index in [9.17, 15) is 4.79 Å². The van der Waals surface area contributed by atoms with Crippen molar-refractivity contribution in [2.75, 3.05) is 7.11 Å². The van der Waals surface area contributed by atoms with Crippen LogP contribution in [0.25, 0.3) is 22.4 Å². The molecule has 1 aromatic carbocycles. The topological polar surface area (TPSA) is 68.1 Å². The minimum absolute atomic E-state index is 0.397. The van der Waals surface area contributed by atoms with Crippen LogP contribution in [0.15, 0.2) is 41.2 Å². The van der Waals surface area contributed by atoms with Gasteiger partial charge in [0.15, 0.2) is 0 Å². The van der Waals surface area contributed by atoms with Crippen LogP contribution in [0.1, 0.15) is 10.4 Å². The van der Waals surface area contributed by atoms with E-state index < -0.39 is 5.97 Å². The molecular weight excluding hydrogens is 232 g/mol. The highest BCUT2D eigenvalue weighted by molar-refractivity contribution is 6.02. The highest BCUT2D eigenvalue weighted by Gasteiger charge is 2.14. The van der Waals surface area contributed by atoms with Crippen LogP contribution in [0.5, 0.6) is 0 Å². The van der Waals surface area contributed by atoms with E-state index in [1.165, 1.54) is 7.11 Å². The van der Waals surface area contributed by atoms with Crippen molar-refractivity contribution in [2.24, 2.45) is 0 Å². The van der Waals surface area contributed by atoms with Gasteiger partial charge in [0.2, 0.25) is 0 Å². The first kappa shape index (κ1) is 10.6. The first-order chi connectivity index (χ1) is 8.79. The highest BCUT2D eigenvalue weighted by Crippen LogP contribution is 2.23. The molecule has 0 aliphatic rings. The highest BCUT2D eigenvalue weighted by atomic mass is 16.5. The number of fused-ring (bicyclic) bond motifs is 1. The van der Waals surface area contributed by atoms with E-state index in [1.807, 2.05) is 6.07 Å². The molecule has 0 atom stereocenters. The summed E-state index contributed by atoms with van der Waals surface area (Å²) in [7, 11) is 1.35. The van der Waals surface area contributed by atoms with E-state index >= 15 is 0 Å². The summed E-state index contributed by atoms with van der Waals surface area (Å²) in [5.41, 5.74) is 2.66. The second kappa shape index (κ2) is 4.03. The van der Waals surface area contributed by atoms with Crippen molar-refractivity contribution in [3.05, 3.63) is 42.4 Å². The Kier molecular flexibility index (Phi) is 2.37. The number of nitrogens with zero attached hydrogens (tertiary/aromatic N) is 1. The Morgan fingerprint density at radius 1 is 1.39 bits per heavy atom. The predicted octanol–water partition coefficient (Wildman–Crippen LogP) is 2.61. The number of carbonyl (C=O) groups is 1. The molecule has 0 bridgehead atoms. The summed E-state index contributed by atoms with van der Waals surface area (Å²) in [5.74, 6) is 0.265. The third-order valence-electron chi connectivity index (χ3n) is 2.71. The third kappa shape index (κ3) is 1.57. The Morgan fingerprint density at radius 3 is 3.00 bits per heavy atom. The molecule has 2 heterocycles. The first-order valence-electron chi connectivity index (χ1n) is 5.39.